The van der Waals surface area contributed by atoms with E-state index < -0.39 is 36.2 Å². The number of hydrogen-bond acceptors (Lipinski definition) is 3. The molecule has 34 heavy (non-hydrogen) atoms. The van der Waals surface area contributed by atoms with Gasteiger partial charge in [0.05, 0.1) is 23.8 Å². The maximum atomic E-state index is 13.3. The number of amides is 1. The molecule has 0 spiro atoms. The first kappa shape index (κ1) is 25.9. The molecule has 0 aliphatic carbocycles. The second kappa shape index (κ2) is 9.89. The summed E-state index contributed by atoms with van der Waals surface area (Å²) >= 11 is 0. The van der Waals surface area contributed by atoms with E-state index in [0.29, 0.717) is 25.3 Å². The molecule has 1 amide bonds. The largest absolute Gasteiger partial charge is 0.487 e. The zero-order chi connectivity index (χ0) is 25.3. The summed E-state index contributed by atoms with van der Waals surface area (Å²) in [5.74, 6) is -1.41. The smallest absolute Gasteiger partial charge is 0.416 e. The van der Waals surface area contributed by atoms with Crippen molar-refractivity contribution in [2.45, 2.75) is 64.3 Å². The summed E-state index contributed by atoms with van der Waals surface area (Å²) in [5.41, 5.74) is -0.891. The predicted molar refractivity (Wildman–Crippen MR) is 114 cm³/mol. The predicted octanol–water partition coefficient (Wildman–Crippen LogP) is 4.71. The molecule has 1 aliphatic rings. The molecule has 1 atom stereocenters. The zero-order valence-electron chi connectivity index (χ0n) is 19.5. The summed E-state index contributed by atoms with van der Waals surface area (Å²) in [4.78, 5) is 17.2. The van der Waals surface area contributed by atoms with E-state index in [4.69, 9.17) is 9.47 Å². The Morgan fingerprint density at radius 3 is 2.50 bits per heavy atom. The molecule has 188 valence electrons. The van der Waals surface area contributed by atoms with Crippen LogP contribution >= 0.6 is 0 Å². The van der Waals surface area contributed by atoms with E-state index in [2.05, 4.69) is 4.99 Å². The molecule has 0 bridgehead atoms. The maximum Gasteiger partial charge on any atom is 0.416 e. The molecule has 0 saturated carbocycles. The Kier molecular flexibility index (Phi) is 7.54. The van der Waals surface area contributed by atoms with Crippen LogP contribution in [0.25, 0.3) is 0 Å². The van der Waals surface area contributed by atoms with E-state index in [1.807, 2.05) is 25.5 Å². The van der Waals surface area contributed by atoms with Crippen molar-refractivity contribution < 1.29 is 36.2 Å². The number of ether oxygens (including phenoxy) is 2. The van der Waals surface area contributed by atoms with Crippen LogP contribution in [0.15, 0.2) is 29.3 Å². The van der Waals surface area contributed by atoms with E-state index >= 15 is 0 Å². The number of halogens is 5. The quantitative estimate of drug-likeness (QED) is 0.553. The van der Waals surface area contributed by atoms with Crippen molar-refractivity contribution in [1.29, 1.82) is 0 Å². The molecule has 0 unspecified atom stereocenters. The average molecular weight is 489 g/mol. The van der Waals surface area contributed by atoms with Crippen LogP contribution in [0.2, 0.25) is 0 Å². The van der Waals surface area contributed by atoms with Gasteiger partial charge in [-0.1, -0.05) is 20.8 Å². The van der Waals surface area contributed by atoms with Crippen LogP contribution in [0.3, 0.4) is 0 Å². The lowest BCUT2D eigenvalue weighted by Gasteiger charge is -2.21. The lowest BCUT2D eigenvalue weighted by Crippen LogP contribution is -2.30. The van der Waals surface area contributed by atoms with Crippen molar-refractivity contribution in [1.82, 2.24) is 9.36 Å². The molecule has 1 aromatic carbocycles. The minimum Gasteiger partial charge on any atom is -0.487 e. The average Bonchev–Trinajstić information content (AvgIpc) is 3.34. The van der Waals surface area contributed by atoms with Crippen LogP contribution in [0.5, 0.6) is 5.75 Å². The summed E-state index contributed by atoms with van der Waals surface area (Å²) in [6.45, 7) is 5.90. The number of aromatic nitrogens is 2. The Hall–Kier alpha value is -2.69. The number of nitrogens with zero attached hydrogens (tertiary/aromatic N) is 3. The first-order valence-corrected chi connectivity index (χ1v) is 10.9. The van der Waals surface area contributed by atoms with Crippen LogP contribution < -0.4 is 10.2 Å². The standard InChI is InChI=1S/C23H28F5N3O3/c1-22(2,3)18-11-20(31(30(18)4)12-15-6-5-9-33-15)29-21(32)16-10-14(23(26,27)28)7-8-17(16)34-13-19(24)25/h7-8,10-11,15,19H,5-6,9,12-13H2,1-4H3/t15-/m1/s1. The van der Waals surface area contributed by atoms with Crippen molar-refractivity contribution in [3.05, 3.63) is 46.6 Å². The highest BCUT2D eigenvalue weighted by molar-refractivity contribution is 5.97. The highest BCUT2D eigenvalue weighted by atomic mass is 19.4. The van der Waals surface area contributed by atoms with Gasteiger partial charge in [0.1, 0.15) is 12.4 Å². The van der Waals surface area contributed by atoms with Gasteiger partial charge < -0.3 is 9.47 Å². The lowest BCUT2D eigenvalue weighted by molar-refractivity contribution is -0.137. The van der Waals surface area contributed by atoms with E-state index in [1.165, 1.54) is 0 Å². The van der Waals surface area contributed by atoms with Gasteiger partial charge >= 0.3 is 6.18 Å². The van der Waals surface area contributed by atoms with Gasteiger partial charge in [0, 0.05) is 30.8 Å². The van der Waals surface area contributed by atoms with Crippen LogP contribution in [0.4, 0.5) is 22.0 Å². The third kappa shape index (κ3) is 6.05. The number of carbonyl (C=O) groups excluding carboxylic acids is 1. The van der Waals surface area contributed by atoms with Gasteiger partial charge in [-0.25, -0.2) is 8.78 Å². The molecule has 11 heteroatoms. The van der Waals surface area contributed by atoms with Gasteiger partial charge in [0.25, 0.3) is 12.3 Å². The van der Waals surface area contributed by atoms with Crippen LogP contribution in [0.1, 0.15) is 55.2 Å². The fraction of sp³-hybridized carbons (Fsp3) is 0.565. The molecule has 1 aromatic heterocycles. The Morgan fingerprint density at radius 2 is 1.94 bits per heavy atom. The van der Waals surface area contributed by atoms with Crippen molar-refractivity contribution >= 4 is 5.91 Å². The van der Waals surface area contributed by atoms with Gasteiger partial charge in [0.2, 0.25) is 0 Å². The second-order valence-electron chi connectivity index (χ2n) is 9.21. The minimum absolute atomic E-state index is 0.0889. The summed E-state index contributed by atoms with van der Waals surface area (Å²) < 4.78 is 79.3. The fourth-order valence-electron chi connectivity index (χ4n) is 3.88. The summed E-state index contributed by atoms with van der Waals surface area (Å²) in [5, 5.41) is 0. The highest BCUT2D eigenvalue weighted by Crippen LogP contribution is 2.33. The van der Waals surface area contributed by atoms with Gasteiger partial charge in [-0.3, -0.25) is 14.2 Å². The summed E-state index contributed by atoms with van der Waals surface area (Å²) in [6.07, 6.45) is -5.95. The first-order chi connectivity index (χ1) is 15.8. The SMILES string of the molecule is Cn1c(C(C)(C)C)cc(=NC(=O)c2cc(C(F)(F)F)ccc2OCC(F)F)n1C[C@H]1CCCO1. The van der Waals surface area contributed by atoms with Crippen molar-refractivity contribution in [2.24, 2.45) is 12.0 Å². The molecular formula is C23H28F5N3O3. The zero-order valence-corrected chi connectivity index (χ0v) is 19.5. The summed E-state index contributed by atoms with van der Waals surface area (Å²) in [7, 11) is 1.81. The molecule has 3 rings (SSSR count). The van der Waals surface area contributed by atoms with Crippen LogP contribution in [-0.2, 0) is 29.9 Å². The molecule has 2 heterocycles. The van der Waals surface area contributed by atoms with Crippen LogP contribution in [0, 0.1) is 0 Å². The van der Waals surface area contributed by atoms with Crippen molar-refractivity contribution in [3.63, 3.8) is 0 Å². The Labute approximate surface area is 194 Å². The molecule has 2 aromatic rings. The Morgan fingerprint density at radius 1 is 1.24 bits per heavy atom. The van der Waals surface area contributed by atoms with E-state index in [-0.39, 0.29) is 22.8 Å². The van der Waals surface area contributed by atoms with Gasteiger partial charge in [-0.2, -0.15) is 18.2 Å². The first-order valence-electron chi connectivity index (χ1n) is 10.9. The second-order valence-corrected chi connectivity index (χ2v) is 9.21. The van der Waals surface area contributed by atoms with E-state index in [1.54, 1.807) is 17.8 Å². The van der Waals surface area contributed by atoms with Crippen molar-refractivity contribution in [3.8, 4) is 5.75 Å². The normalized spacial score (nSPS) is 17.6. The topological polar surface area (TPSA) is 57.8 Å². The number of alkyl halides is 5. The third-order valence-corrected chi connectivity index (χ3v) is 5.53. The van der Waals surface area contributed by atoms with E-state index in [9.17, 15) is 26.7 Å². The third-order valence-electron chi connectivity index (χ3n) is 5.53. The molecule has 6 nitrogen and oxygen atoms in total. The number of carbonyl (C=O) groups is 1. The summed E-state index contributed by atoms with van der Waals surface area (Å²) in [6, 6.07) is 3.81. The monoisotopic (exact) mass is 489 g/mol. The van der Waals surface area contributed by atoms with Gasteiger partial charge in [-0.05, 0) is 31.0 Å². The molecule has 1 saturated heterocycles. The molecular weight excluding hydrogens is 461 g/mol. The van der Waals surface area contributed by atoms with Gasteiger partial charge in [-0.15, -0.1) is 0 Å². The van der Waals surface area contributed by atoms with Gasteiger partial charge in [0.15, 0.2) is 5.49 Å². The van der Waals surface area contributed by atoms with E-state index in [0.717, 1.165) is 24.6 Å². The maximum absolute atomic E-state index is 13.3. The lowest BCUT2D eigenvalue weighted by atomic mass is 9.92. The number of rotatable bonds is 6. The molecule has 0 radical (unpaired) electrons. The number of hydrogen-bond donors (Lipinski definition) is 0. The highest BCUT2D eigenvalue weighted by Gasteiger charge is 2.32. The Balaban J connectivity index is 2.10. The van der Waals surface area contributed by atoms with Crippen LogP contribution in [-0.4, -0.2) is 41.0 Å². The molecule has 1 fully saturated rings. The Bertz CT molecular complexity index is 1090. The number of benzene rings is 1. The fourth-order valence-corrected chi connectivity index (χ4v) is 3.88. The molecule has 1 aliphatic heterocycles. The molecule has 0 N–H and O–H groups in total. The van der Waals surface area contributed by atoms with Crippen molar-refractivity contribution in [2.75, 3.05) is 13.2 Å². The minimum atomic E-state index is -4.73.